The number of hydrogen-bond acceptors (Lipinski definition) is 3. The van der Waals surface area contributed by atoms with Crippen molar-refractivity contribution in [1.82, 2.24) is 9.80 Å². The predicted molar refractivity (Wildman–Crippen MR) is 98.1 cm³/mol. The molecule has 6 heteroatoms. The van der Waals surface area contributed by atoms with E-state index in [4.69, 9.17) is 5.73 Å². The lowest BCUT2D eigenvalue weighted by Gasteiger charge is -2.39. The van der Waals surface area contributed by atoms with E-state index in [1.54, 1.807) is 0 Å². The van der Waals surface area contributed by atoms with Crippen LogP contribution in [0.25, 0.3) is 0 Å². The summed E-state index contributed by atoms with van der Waals surface area (Å²) in [6.07, 6.45) is 0.365. The van der Waals surface area contributed by atoms with E-state index in [2.05, 4.69) is 0 Å². The highest BCUT2D eigenvalue weighted by Crippen LogP contribution is 2.26. The Morgan fingerprint density at radius 2 is 1.58 bits per heavy atom. The van der Waals surface area contributed by atoms with Gasteiger partial charge in [0, 0.05) is 38.6 Å². The summed E-state index contributed by atoms with van der Waals surface area (Å²) in [7, 11) is 0. The molecule has 1 aromatic rings. The molecule has 2 rings (SSSR count). The molecule has 1 fully saturated rings. The highest BCUT2D eigenvalue weighted by Gasteiger charge is 2.35. The molecule has 0 radical (unpaired) electrons. The van der Waals surface area contributed by atoms with E-state index in [1.165, 1.54) is 0 Å². The Hall–Kier alpha value is -1.59. The molecule has 1 saturated heterocycles. The Morgan fingerprint density at radius 1 is 1.08 bits per heavy atom. The fraction of sp³-hybridized carbons (Fsp3) is 0.556. The van der Waals surface area contributed by atoms with Crippen LogP contribution in [-0.2, 0) is 15.0 Å². The molecule has 134 valence electrons. The van der Waals surface area contributed by atoms with Crippen LogP contribution in [0.4, 0.5) is 0 Å². The van der Waals surface area contributed by atoms with Gasteiger partial charge in [0.05, 0.1) is 5.41 Å². The fourth-order valence-corrected chi connectivity index (χ4v) is 2.94. The van der Waals surface area contributed by atoms with Gasteiger partial charge in [0.2, 0.25) is 11.8 Å². The predicted octanol–water partition coefficient (Wildman–Crippen LogP) is 1.79. The minimum absolute atomic E-state index is 0. The zero-order valence-electron chi connectivity index (χ0n) is 14.7. The van der Waals surface area contributed by atoms with E-state index < -0.39 is 5.41 Å². The maximum absolute atomic E-state index is 12.9. The summed E-state index contributed by atoms with van der Waals surface area (Å²) in [6.45, 7) is 8.08. The third-order valence-electron chi connectivity index (χ3n) is 4.45. The molecule has 2 N–H and O–H groups in total. The van der Waals surface area contributed by atoms with Gasteiger partial charge in [-0.15, -0.1) is 12.4 Å². The van der Waals surface area contributed by atoms with Gasteiger partial charge in [-0.3, -0.25) is 9.59 Å². The third kappa shape index (κ3) is 4.71. The zero-order chi connectivity index (χ0) is 17.0. The molecule has 0 saturated carbocycles. The number of halogens is 1. The van der Waals surface area contributed by atoms with Crippen molar-refractivity contribution in [3.05, 3.63) is 35.9 Å². The van der Waals surface area contributed by atoms with Gasteiger partial charge < -0.3 is 15.5 Å². The van der Waals surface area contributed by atoms with E-state index in [1.807, 2.05) is 60.9 Å². The fourth-order valence-electron chi connectivity index (χ4n) is 2.94. The lowest BCUT2D eigenvalue weighted by atomic mass is 9.83. The van der Waals surface area contributed by atoms with E-state index in [0.29, 0.717) is 32.6 Å². The van der Waals surface area contributed by atoms with Gasteiger partial charge in [-0.2, -0.15) is 0 Å². The zero-order valence-corrected chi connectivity index (χ0v) is 15.5. The molecule has 1 aliphatic heterocycles. The van der Waals surface area contributed by atoms with Crippen LogP contribution in [0.1, 0.15) is 32.8 Å². The molecular weight excluding hydrogens is 326 g/mol. The highest BCUT2D eigenvalue weighted by atomic mass is 35.5. The first-order valence-electron chi connectivity index (χ1n) is 8.20. The second-order valence-corrected chi connectivity index (χ2v) is 6.85. The molecule has 5 nitrogen and oxygen atoms in total. The lowest BCUT2D eigenvalue weighted by molar-refractivity contribution is -0.142. The van der Waals surface area contributed by atoms with E-state index in [9.17, 15) is 9.59 Å². The Morgan fingerprint density at radius 3 is 2.08 bits per heavy atom. The molecule has 2 amide bonds. The molecule has 0 aromatic heterocycles. The van der Waals surface area contributed by atoms with Gasteiger partial charge in [-0.25, -0.2) is 0 Å². The SMILES string of the molecule is CC(N)CC(=O)N1CCN(C(=O)C(C)(C)c2ccccc2)CC1.Cl. The van der Waals surface area contributed by atoms with Crippen LogP contribution in [0, 0.1) is 0 Å². The summed E-state index contributed by atoms with van der Waals surface area (Å²) in [6, 6.07) is 9.71. The second-order valence-electron chi connectivity index (χ2n) is 6.85. The number of piperazine rings is 1. The maximum atomic E-state index is 12.9. The van der Waals surface area contributed by atoms with Crippen LogP contribution < -0.4 is 5.73 Å². The van der Waals surface area contributed by atoms with Crippen molar-refractivity contribution >= 4 is 24.2 Å². The summed E-state index contributed by atoms with van der Waals surface area (Å²) in [5, 5.41) is 0. The van der Waals surface area contributed by atoms with Gasteiger partial charge in [0.15, 0.2) is 0 Å². The van der Waals surface area contributed by atoms with Gasteiger partial charge >= 0.3 is 0 Å². The minimum atomic E-state index is -0.556. The Balaban J connectivity index is 0.00000288. The highest BCUT2D eigenvalue weighted by molar-refractivity contribution is 5.87. The second kappa shape index (κ2) is 8.49. The van der Waals surface area contributed by atoms with Crippen LogP contribution >= 0.6 is 12.4 Å². The quantitative estimate of drug-likeness (QED) is 0.897. The largest absolute Gasteiger partial charge is 0.339 e. The molecule has 1 aromatic carbocycles. The average Bonchev–Trinajstić information content (AvgIpc) is 2.54. The first-order valence-corrected chi connectivity index (χ1v) is 8.20. The van der Waals surface area contributed by atoms with E-state index in [-0.39, 0.29) is 30.3 Å². The van der Waals surface area contributed by atoms with Crippen LogP contribution in [0.3, 0.4) is 0 Å². The molecule has 1 heterocycles. The van der Waals surface area contributed by atoms with Crippen molar-refractivity contribution in [1.29, 1.82) is 0 Å². The molecular formula is C18H28ClN3O2. The van der Waals surface area contributed by atoms with Crippen LogP contribution in [0.2, 0.25) is 0 Å². The van der Waals surface area contributed by atoms with Gasteiger partial charge in [-0.05, 0) is 26.3 Å². The number of nitrogens with zero attached hydrogens (tertiary/aromatic N) is 2. The number of amides is 2. The topological polar surface area (TPSA) is 66.6 Å². The minimum Gasteiger partial charge on any atom is -0.339 e. The molecule has 24 heavy (non-hydrogen) atoms. The Kier molecular flexibility index (Phi) is 7.24. The Labute approximate surface area is 150 Å². The van der Waals surface area contributed by atoms with Gasteiger partial charge in [-0.1, -0.05) is 30.3 Å². The molecule has 1 unspecified atom stereocenters. The summed E-state index contributed by atoms with van der Waals surface area (Å²) >= 11 is 0. The van der Waals surface area contributed by atoms with Gasteiger partial charge in [0.1, 0.15) is 0 Å². The van der Waals surface area contributed by atoms with Crippen LogP contribution in [0.15, 0.2) is 30.3 Å². The maximum Gasteiger partial charge on any atom is 0.232 e. The molecule has 1 aliphatic rings. The molecule has 0 aliphatic carbocycles. The van der Waals surface area contributed by atoms with Crippen LogP contribution in [-0.4, -0.2) is 53.8 Å². The van der Waals surface area contributed by atoms with Gasteiger partial charge in [0.25, 0.3) is 0 Å². The molecule has 0 spiro atoms. The molecule has 0 bridgehead atoms. The van der Waals surface area contributed by atoms with E-state index >= 15 is 0 Å². The Bertz CT molecular complexity index is 553. The standard InChI is InChI=1S/C18H27N3O2.ClH/c1-14(19)13-16(22)20-9-11-21(12-10-20)17(23)18(2,3)15-7-5-4-6-8-15;/h4-8,14H,9-13,19H2,1-3H3;1H. The smallest absolute Gasteiger partial charge is 0.232 e. The summed E-state index contributed by atoms with van der Waals surface area (Å²) in [4.78, 5) is 28.6. The average molecular weight is 354 g/mol. The van der Waals surface area contributed by atoms with Crippen molar-refractivity contribution in [2.24, 2.45) is 5.73 Å². The first-order chi connectivity index (χ1) is 10.8. The van der Waals surface area contributed by atoms with Crippen molar-refractivity contribution < 1.29 is 9.59 Å². The van der Waals surface area contributed by atoms with Crippen molar-refractivity contribution in [3.8, 4) is 0 Å². The summed E-state index contributed by atoms with van der Waals surface area (Å²) < 4.78 is 0. The van der Waals surface area contributed by atoms with Crippen molar-refractivity contribution in [2.75, 3.05) is 26.2 Å². The summed E-state index contributed by atoms with van der Waals surface area (Å²) in [5.74, 6) is 0.192. The number of benzene rings is 1. The van der Waals surface area contributed by atoms with Crippen LogP contribution in [0.5, 0.6) is 0 Å². The number of hydrogen-bond donors (Lipinski definition) is 1. The number of carbonyl (C=O) groups is 2. The number of carbonyl (C=O) groups excluding carboxylic acids is 2. The monoisotopic (exact) mass is 353 g/mol. The van der Waals surface area contributed by atoms with Crippen molar-refractivity contribution in [3.63, 3.8) is 0 Å². The lowest BCUT2D eigenvalue weighted by Crippen LogP contribution is -2.54. The first kappa shape index (κ1) is 20.5. The van der Waals surface area contributed by atoms with Crippen molar-refractivity contribution in [2.45, 2.75) is 38.6 Å². The summed E-state index contributed by atoms with van der Waals surface area (Å²) in [5.41, 5.74) is 6.14. The number of nitrogens with two attached hydrogens (primary N) is 1. The number of rotatable bonds is 4. The molecule has 1 atom stereocenters. The van der Waals surface area contributed by atoms with E-state index in [0.717, 1.165) is 5.56 Å². The normalized spacial score (nSPS) is 16.3. The third-order valence-corrected chi connectivity index (χ3v) is 4.45.